The first-order chi connectivity index (χ1) is 12.5. The average molecular weight is 356 g/mol. The third kappa shape index (κ3) is 4.32. The zero-order valence-electron chi connectivity index (χ0n) is 14.7. The molecule has 0 saturated carbocycles. The number of hydrogen-bond acceptors (Lipinski definition) is 5. The van der Waals surface area contributed by atoms with E-state index >= 15 is 0 Å². The number of aromatic hydroxyl groups is 1. The highest BCUT2D eigenvalue weighted by atomic mass is 16.4. The molecule has 1 saturated heterocycles. The number of hydrogen-bond donors (Lipinski definition) is 2. The number of benzene rings is 1. The van der Waals surface area contributed by atoms with Crippen molar-refractivity contribution >= 4 is 5.91 Å². The second kappa shape index (κ2) is 8.19. The molecule has 0 aliphatic carbocycles. The van der Waals surface area contributed by atoms with Gasteiger partial charge in [-0.25, -0.2) is 0 Å². The zero-order chi connectivity index (χ0) is 18.5. The van der Waals surface area contributed by atoms with Crippen LogP contribution in [-0.4, -0.2) is 29.0 Å². The maximum absolute atomic E-state index is 12.3. The number of nitrogens with two attached hydrogens (primary N) is 1. The summed E-state index contributed by atoms with van der Waals surface area (Å²) in [4.78, 5) is 26.1. The number of piperidine rings is 1. The number of primary amides is 1. The van der Waals surface area contributed by atoms with Gasteiger partial charge in [-0.2, -0.15) is 0 Å². The molecule has 6 heteroatoms. The van der Waals surface area contributed by atoms with E-state index in [0.29, 0.717) is 12.3 Å². The number of rotatable bonds is 6. The van der Waals surface area contributed by atoms with Crippen molar-refractivity contribution in [3.63, 3.8) is 0 Å². The van der Waals surface area contributed by atoms with Crippen molar-refractivity contribution in [2.24, 2.45) is 5.73 Å². The molecule has 3 rings (SSSR count). The van der Waals surface area contributed by atoms with Gasteiger partial charge < -0.3 is 15.3 Å². The van der Waals surface area contributed by atoms with Gasteiger partial charge >= 0.3 is 0 Å². The molecule has 0 unspecified atom stereocenters. The number of carbonyl (C=O) groups excluding carboxylic acids is 1. The van der Waals surface area contributed by atoms with Gasteiger partial charge in [0.2, 0.25) is 17.1 Å². The number of likely N-dealkylation sites (tertiary alicyclic amines) is 1. The van der Waals surface area contributed by atoms with Crippen LogP contribution in [0.2, 0.25) is 0 Å². The molecule has 6 nitrogen and oxygen atoms in total. The van der Waals surface area contributed by atoms with Crippen molar-refractivity contribution in [2.45, 2.75) is 38.1 Å². The SMILES string of the molecule is NC(=O)C[C@H](c1ccccc1)c1oc(CN2CCCCC2)cc(=O)c1O. The smallest absolute Gasteiger partial charge is 0.227 e. The highest BCUT2D eigenvalue weighted by Gasteiger charge is 2.25. The van der Waals surface area contributed by atoms with Gasteiger partial charge in [0.1, 0.15) is 5.76 Å². The lowest BCUT2D eigenvalue weighted by atomic mass is 9.92. The molecular weight excluding hydrogens is 332 g/mol. The molecule has 0 bridgehead atoms. The van der Waals surface area contributed by atoms with E-state index in [9.17, 15) is 14.7 Å². The summed E-state index contributed by atoms with van der Waals surface area (Å²) in [5.74, 6) is -0.975. The van der Waals surface area contributed by atoms with Crippen molar-refractivity contribution in [1.29, 1.82) is 0 Å². The Morgan fingerprint density at radius 2 is 1.88 bits per heavy atom. The third-order valence-corrected chi connectivity index (χ3v) is 4.75. The van der Waals surface area contributed by atoms with Crippen LogP contribution in [0.1, 0.15) is 48.7 Å². The Morgan fingerprint density at radius 1 is 1.19 bits per heavy atom. The quantitative estimate of drug-likeness (QED) is 0.828. The van der Waals surface area contributed by atoms with Crippen LogP contribution in [-0.2, 0) is 11.3 Å². The Balaban J connectivity index is 1.97. The maximum atomic E-state index is 12.3. The van der Waals surface area contributed by atoms with Crippen molar-refractivity contribution in [3.8, 4) is 5.75 Å². The standard InChI is InChI=1S/C20H24N2O4/c21-18(24)12-16(14-7-3-1-4-8-14)20-19(25)17(23)11-15(26-20)13-22-9-5-2-6-10-22/h1,3-4,7-8,11,16,25H,2,5-6,9-10,12-13H2,(H2,21,24)/t16-/m1/s1. The zero-order valence-corrected chi connectivity index (χ0v) is 14.7. The van der Waals surface area contributed by atoms with E-state index in [2.05, 4.69) is 4.90 Å². The summed E-state index contributed by atoms with van der Waals surface area (Å²) in [5.41, 5.74) is 5.66. The molecule has 1 aromatic heterocycles. The molecule has 2 aromatic rings. The average Bonchev–Trinajstić information content (AvgIpc) is 2.64. The minimum atomic E-state index is -0.595. The molecular formula is C20H24N2O4. The lowest BCUT2D eigenvalue weighted by Crippen LogP contribution is -2.29. The predicted molar refractivity (Wildman–Crippen MR) is 97.9 cm³/mol. The number of amides is 1. The highest BCUT2D eigenvalue weighted by molar-refractivity contribution is 5.75. The van der Waals surface area contributed by atoms with Gasteiger partial charge in [0.05, 0.1) is 12.5 Å². The minimum absolute atomic E-state index is 0.0479. The Kier molecular flexibility index (Phi) is 5.73. The number of carbonyl (C=O) groups is 1. The molecule has 0 radical (unpaired) electrons. The van der Waals surface area contributed by atoms with Crippen LogP contribution in [0, 0.1) is 0 Å². The summed E-state index contributed by atoms with van der Waals surface area (Å²) < 4.78 is 5.91. The van der Waals surface area contributed by atoms with E-state index in [1.807, 2.05) is 30.3 Å². The summed E-state index contributed by atoms with van der Waals surface area (Å²) in [5, 5.41) is 10.3. The Labute approximate surface area is 152 Å². The molecule has 2 heterocycles. The van der Waals surface area contributed by atoms with E-state index in [-0.39, 0.29) is 12.2 Å². The second-order valence-electron chi connectivity index (χ2n) is 6.76. The normalized spacial score (nSPS) is 16.3. The Bertz CT molecular complexity index is 810. The molecule has 1 fully saturated rings. The maximum Gasteiger partial charge on any atom is 0.227 e. The van der Waals surface area contributed by atoms with Crippen LogP contribution in [0.4, 0.5) is 0 Å². The van der Waals surface area contributed by atoms with Crippen LogP contribution >= 0.6 is 0 Å². The summed E-state index contributed by atoms with van der Waals surface area (Å²) >= 11 is 0. The fraction of sp³-hybridized carbons (Fsp3) is 0.400. The Hall–Kier alpha value is -2.60. The topological polar surface area (TPSA) is 96.8 Å². The lowest BCUT2D eigenvalue weighted by molar-refractivity contribution is -0.118. The monoisotopic (exact) mass is 356 g/mol. The van der Waals surface area contributed by atoms with Gasteiger partial charge in [-0.1, -0.05) is 36.8 Å². The van der Waals surface area contributed by atoms with E-state index in [1.54, 1.807) is 0 Å². The first kappa shape index (κ1) is 18.2. The summed E-state index contributed by atoms with van der Waals surface area (Å²) in [6.45, 7) is 2.44. The minimum Gasteiger partial charge on any atom is -0.502 e. The summed E-state index contributed by atoms with van der Waals surface area (Å²) in [7, 11) is 0. The van der Waals surface area contributed by atoms with Crippen LogP contribution in [0.15, 0.2) is 45.6 Å². The number of nitrogens with zero attached hydrogens (tertiary/aromatic N) is 1. The predicted octanol–water partition coefficient (Wildman–Crippen LogP) is 2.34. The van der Waals surface area contributed by atoms with Gasteiger partial charge in [-0.15, -0.1) is 0 Å². The van der Waals surface area contributed by atoms with E-state index in [4.69, 9.17) is 10.2 Å². The summed E-state index contributed by atoms with van der Waals surface area (Å²) in [6.07, 6.45) is 3.43. The fourth-order valence-electron chi connectivity index (χ4n) is 3.46. The summed E-state index contributed by atoms with van der Waals surface area (Å²) in [6, 6.07) is 10.5. The van der Waals surface area contributed by atoms with Crippen molar-refractivity contribution in [3.05, 3.63) is 63.7 Å². The third-order valence-electron chi connectivity index (χ3n) is 4.75. The van der Waals surface area contributed by atoms with Gasteiger partial charge in [-0.3, -0.25) is 14.5 Å². The van der Waals surface area contributed by atoms with Crippen LogP contribution < -0.4 is 11.2 Å². The van der Waals surface area contributed by atoms with E-state index in [0.717, 1.165) is 31.5 Å². The lowest BCUT2D eigenvalue weighted by Gasteiger charge is -2.26. The van der Waals surface area contributed by atoms with Crippen LogP contribution in [0.25, 0.3) is 0 Å². The largest absolute Gasteiger partial charge is 0.502 e. The van der Waals surface area contributed by atoms with Crippen molar-refractivity contribution in [1.82, 2.24) is 4.90 Å². The molecule has 1 atom stereocenters. The molecule has 1 amide bonds. The molecule has 0 spiro atoms. The van der Waals surface area contributed by atoms with Crippen LogP contribution in [0.5, 0.6) is 5.75 Å². The first-order valence-corrected chi connectivity index (χ1v) is 8.96. The molecule has 1 aromatic carbocycles. The van der Waals surface area contributed by atoms with Gasteiger partial charge in [-0.05, 0) is 31.5 Å². The molecule has 138 valence electrons. The van der Waals surface area contributed by atoms with E-state index in [1.165, 1.54) is 12.5 Å². The molecule has 3 N–H and O–H groups in total. The fourth-order valence-corrected chi connectivity index (χ4v) is 3.46. The van der Waals surface area contributed by atoms with Gasteiger partial charge in [0.15, 0.2) is 5.76 Å². The van der Waals surface area contributed by atoms with Crippen LogP contribution in [0.3, 0.4) is 0 Å². The Morgan fingerprint density at radius 3 is 2.54 bits per heavy atom. The van der Waals surface area contributed by atoms with Gasteiger partial charge in [0.25, 0.3) is 0 Å². The van der Waals surface area contributed by atoms with Gasteiger partial charge in [0, 0.05) is 12.5 Å². The molecule has 1 aliphatic rings. The first-order valence-electron chi connectivity index (χ1n) is 8.96. The van der Waals surface area contributed by atoms with Crippen molar-refractivity contribution in [2.75, 3.05) is 13.1 Å². The van der Waals surface area contributed by atoms with E-state index < -0.39 is 23.0 Å². The van der Waals surface area contributed by atoms with Crippen molar-refractivity contribution < 1.29 is 14.3 Å². The second-order valence-corrected chi connectivity index (χ2v) is 6.76. The molecule has 1 aliphatic heterocycles. The molecule has 26 heavy (non-hydrogen) atoms. The highest BCUT2D eigenvalue weighted by Crippen LogP contribution is 2.33.